The van der Waals surface area contributed by atoms with Crippen LogP contribution < -0.4 is 10.1 Å². The van der Waals surface area contributed by atoms with Crippen molar-refractivity contribution in [3.63, 3.8) is 0 Å². The molecule has 0 saturated heterocycles. The molecule has 1 aliphatic heterocycles. The van der Waals surface area contributed by atoms with Gasteiger partial charge >= 0.3 is 6.09 Å². The SMILES string of the molecule is O=C(O)NC1CCOc2ccc(Br)cc21. The summed E-state index contributed by atoms with van der Waals surface area (Å²) >= 11 is 3.35. The highest BCUT2D eigenvalue weighted by molar-refractivity contribution is 9.10. The number of amides is 1. The first-order valence-electron chi connectivity index (χ1n) is 4.58. The molecule has 0 spiro atoms. The van der Waals surface area contributed by atoms with Gasteiger partial charge in [0.1, 0.15) is 5.75 Å². The molecule has 1 aromatic rings. The zero-order valence-electron chi connectivity index (χ0n) is 7.87. The molecular formula is C10H10BrNO3. The van der Waals surface area contributed by atoms with Crippen LogP contribution in [0.1, 0.15) is 18.0 Å². The second-order valence-electron chi connectivity index (χ2n) is 3.32. The number of halogens is 1. The first kappa shape index (κ1) is 10.3. The van der Waals surface area contributed by atoms with Gasteiger partial charge in [0.05, 0.1) is 12.6 Å². The van der Waals surface area contributed by atoms with Crippen LogP contribution in [0.25, 0.3) is 0 Å². The molecule has 1 aromatic carbocycles. The number of hydrogen-bond donors (Lipinski definition) is 2. The minimum atomic E-state index is -1.01. The predicted octanol–water partition coefficient (Wildman–Crippen LogP) is 2.54. The third kappa shape index (κ3) is 2.23. The van der Waals surface area contributed by atoms with Crippen molar-refractivity contribution in [2.24, 2.45) is 0 Å². The van der Waals surface area contributed by atoms with Crippen molar-refractivity contribution >= 4 is 22.0 Å². The maximum atomic E-state index is 10.6. The molecule has 0 radical (unpaired) electrons. The van der Waals surface area contributed by atoms with E-state index in [9.17, 15) is 4.79 Å². The minimum absolute atomic E-state index is 0.177. The van der Waals surface area contributed by atoms with Gasteiger partial charge in [0.15, 0.2) is 0 Å². The molecule has 1 aliphatic rings. The standard InChI is InChI=1S/C10H10BrNO3/c11-6-1-2-9-7(5-6)8(3-4-15-9)12-10(13)14/h1-2,5,8,12H,3-4H2,(H,13,14). The molecule has 1 heterocycles. The Hall–Kier alpha value is -1.23. The molecule has 1 unspecified atom stereocenters. The fourth-order valence-corrected chi connectivity index (χ4v) is 2.04. The summed E-state index contributed by atoms with van der Waals surface area (Å²) in [5.74, 6) is 0.753. The number of hydrogen-bond acceptors (Lipinski definition) is 2. The van der Waals surface area contributed by atoms with Gasteiger partial charge in [-0.25, -0.2) is 4.79 Å². The second-order valence-corrected chi connectivity index (χ2v) is 4.24. The van der Waals surface area contributed by atoms with Gasteiger partial charge in [-0.05, 0) is 18.2 Å². The van der Waals surface area contributed by atoms with Gasteiger partial charge in [-0.3, -0.25) is 0 Å². The lowest BCUT2D eigenvalue weighted by Crippen LogP contribution is -2.30. The van der Waals surface area contributed by atoms with E-state index in [4.69, 9.17) is 9.84 Å². The van der Waals surface area contributed by atoms with Crippen LogP contribution in [0.3, 0.4) is 0 Å². The summed E-state index contributed by atoms with van der Waals surface area (Å²) in [6.07, 6.45) is -0.344. The fourth-order valence-electron chi connectivity index (χ4n) is 1.66. The lowest BCUT2D eigenvalue weighted by atomic mass is 10.0. The smallest absolute Gasteiger partial charge is 0.405 e. The van der Waals surface area contributed by atoms with E-state index in [2.05, 4.69) is 21.2 Å². The normalized spacial score (nSPS) is 18.9. The summed E-state index contributed by atoms with van der Waals surface area (Å²) in [7, 11) is 0. The molecule has 1 atom stereocenters. The number of ether oxygens (including phenoxy) is 1. The number of carboxylic acid groups (broad SMARTS) is 1. The van der Waals surface area contributed by atoms with E-state index >= 15 is 0 Å². The average Bonchev–Trinajstić information content (AvgIpc) is 2.18. The van der Waals surface area contributed by atoms with Gasteiger partial charge in [0.2, 0.25) is 0 Å². The van der Waals surface area contributed by atoms with Gasteiger partial charge in [0.25, 0.3) is 0 Å². The number of rotatable bonds is 1. The molecule has 80 valence electrons. The van der Waals surface area contributed by atoms with Crippen molar-refractivity contribution in [1.29, 1.82) is 0 Å². The molecule has 4 nitrogen and oxygen atoms in total. The van der Waals surface area contributed by atoms with Gasteiger partial charge in [0, 0.05) is 16.5 Å². The van der Waals surface area contributed by atoms with E-state index < -0.39 is 6.09 Å². The fraction of sp³-hybridized carbons (Fsp3) is 0.300. The van der Waals surface area contributed by atoms with Crippen LogP contribution in [0.4, 0.5) is 4.79 Å². The second kappa shape index (κ2) is 4.10. The van der Waals surface area contributed by atoms with Gasteiger partial charge < -0.3 is 15.2 Å². The highest BCUT2D eigenvalue weighted by Crippen LogP contribution is 2.33. The zero-order valence-corrected chi connectivity index (χ0v) is 9.45. The number of fused-ring (bicyclic) bond motifs is 1. The summed E-state index contributed by atoms with van der Waals surface area (Å²) < 4.78 is 6.36. The van der Waals surface area contributed by atoms with Crippen molar-refractivity contribution in [3.8, 4) is 5.75 Å². The number of benzene rings is 1. The average molecular weight is 272 g/mol. The summed E-state index contributed by atoms with van der Waals surface area (Å²) in [6, 6.07) is 5.43. The van der Waals surface area contributed by atoms with Crippen molar-refractivity contribution in [2.45, 2.75) is 12.5 Å². The van der Waals surface area contributed by atoms with Gasteiger partial charge in [-0.2, -0.15) is 0 Å². The summed E-state index contributed by atoms with van der Waals surface area (Å²) in [4.78, 5) is 10.6. The van der Waals surface area contributed by atoms with E-state index in [0.29, 0.717) is 13.0 Å². The van der Waals surface area contributed by atoms with Crippen LogP contribution in [0.5, 0.6) is 5.75 Å². The third-order valence-electron chi connectivity index (χ3n) is 2.31. The molecule has 0 saturated carbocycles. The Kier molecular flexibility index (Phi) is 2.81. The van der Waals surface area contributed by atoms with Crippen LogP contribution in [0.15, 0.2) is 22.7 Å². The highest BCUT2D eigenvalue weighted by atomic mass is 79.9. The maximum Gasteiger partial charge on any atom is 0.405 e. The van der Waals surface area contributed by atoms with Crippen molar-refractivity contribution in [3.05, 3.63) is 28.2 Å². The molecule has 15 heavy (non-hydrogen) atoms. The zero-order chi connectivity index (χ0) is 10.8. The molecule has 0 aromatic heterocycles. The van der Waals surface area contributed by atoms with Crippen LogP contribution in [0.2, 0.25) is 0 Å². The van der Waals surface area contributed by atoms with Crippen molar-refractivity contribution < 1.29 is 14.6 Å². The number of nitrogens with one attached hydrogen (secondary N) is 1. The Bertz CT molecular complexity index is 394. The van der Waals surface area contributed by atoms with Gasteiger partial charge in [-0.15, -0.1) is 0 Å². The monoisotopic (exact) mass is 271 g/mol. The lowest BCUT2D eigenvalue weighted by molar-refractivity contribution is 0.182. The molecule has 1 amide bonds. The molecule has 2 rings (SSSR count). The Morgan fingerprint density at radius 1 is 1.60 bits per heavy atom. The molecule has 2 N–H and O–H groups in total. The Morgan fingerprint density at radius 3 is 3.13 bits per heavy atom. The Balaban J connectivity index is 2.32. The Labute approximate surface area is 95.4 Å². The molecular weight excluding hydrogens is 262 g/mol. The van der Waals surface area contributed by atoms with E-state index in [1.807, 2.05) is 18.2 Å². The van der Waals surface area contributed by atoms with Crippen molar-refractivity contribution in [2.75, 3.05) is 6.61 Å². The highest BCUT2D eigenvalue weighted by Gasteiger charge is 2.22. The lowest BCUT2D eigenvalue weighted by Gasteiger charge is -2.25. The number of carbonyl (C=O) groups is 1. The van der Waals surface area contributed by atoms with E-state index in [0.717, 1.165) is 15.8 Å². The molecule has 5 heteroatoms. The maximum absolute atomic E-state index is 10.6. The summed E-state index contributed by atoms with van der Waals surface area (Å²) in [6.45, 7) is 0.541. The molecule has 0 fully saturated rings. The predicted molar refractivity (Wildman–Crippen MR) is 58.2 cm³/mol. The quantitative estimate of drug-likeness (QED) is 0.825. The largest absolute Gasteiger partial charge is 0.493 e. The van der Waals surface area contributed by atoms with Crippen LogP contribution in [0, 0.1) is 0 Å². The Morgan fingerprint density at radius 2 is 2.40 bits per heavy atom. The molecule has 0 bridgehead atoms. The minimum Gasteiger partial charge on any atom is -0.493 e. The van der Waals surface area contributed by atoms with E-state index in [1.54, 1.807) is 0 Å². The van der Waals surface area contributed by atoms with Crippen molar-refractivity contribution in [1.82, 2.24) is 5.32 Å². The topological polar surface area (TPSA) is 58.6 Å². The van der Waals surface area contributed by atoms with Crippen LogP contribution in [-0.4, -0.2) is 17.8 Å². The third-order valence-corrected chi connectivity index (χ3v) is 2.80. The van der Waals surface area contributed by atoms with Gasteiger partial charge in [-0.1, -0.05) is 15.9 Å². The summed E-state index contributed by atoms with van der Waals surface area (Å²) in [5, 5.41) is 11.2. The van der Waals surface area contributed by atoms with Crippen LogP contribution in [-0.2, 0) is 0 Å². The first-order chi connectivity index (χ1) is 7.16. The van der Waals surface area contributed by atoms with Crippen LogP contribution >= 0.6 is 15.9 Å². The van der Waals surface area contributed by atoms with E-state index in [-0.39, 0.29) is 6.04 Å². The summed E-state index contributed by atoms with van der Waals surface area (Å²) in [5.41, 5.74) is 0.887. The first-order valence-corrected chi connectivity index (χ1v) is 5.38. The van der Waals surface area contributed by atoms with E-state index in [1.165, 1.54) is 0 Å². The molecule has 0 aliphatic carbocycles.